The molecule has 0 saturated carbocycles. The van der Waals surface area contributed by atoms with Crippen molar-refractivity contribution in [3.05, 3.63) is 102 Å². The molecule has 2 saturated heterocycles. The number of fused-ring (bicyclic) bond motifs is 1. The van der Waals surface area contributed by atoms with Crippen molar-refractivity contribution < 1.29 is 14.4 Å². The summed E-state index contributed by atoms with van der Waals surface area (Å²) in [7, 11) is 0. The van der Waals surface area contributed by atoms with Crippen LogP contribution in [0.25, 0.3) is 21.7 Å². The summed E-state index contributed by atoms with van der Waals surface area (Å²) in [6, 6.07) is 28.5. The van der Waals surface area contributed by atoms with Crippen LogP contribution in [0.1, 0.15) is 48.5 Å². The van der Waals surface area contributed by atoms with Crippen LogP contribution in [0.4, 0.5) is 0 Å². The molecule has 1 aromatic heterocycles. The molecule has 2 fully saturated rings. The molecule has 3 aromatic carbocycles. The molecule has 1 amide bonds. The number of hydrogen-bond acceptors (Lipinski definition) is 7. The Bertz CT molecular complexity index is 1500. The first-order valence-electron chi connectivity index (χ1n) is 14.4. The Morgan fingerprint density at radius 2 is 1.52 bits per heavy atom. The van der Waals surface area contributed by atoms with Gasteiger partial charge < -0.3 is 15.5 Å². The smallest absolute Gasteiger partial charge is 0.357 e. The molecule has 216 valence electrons. The van der Waals surface area contributed by atoms with Crippen molar-refractivity contribution in [1.82, 2.24) is 14.9 Å². The Labute approximate surface area is 250 Å². The van der Waals surface area contributed by atoms with E-state index in [0.717, 1.165) is 26.7 Å². The number of likely N-dealkylation sites (tertiary alicyclic amines) is 1. The van der Waals surface area contributed by atoms with Gasteiger partial charge in [-0.1, -0.05) is 99.6 Å². The van der Waals surface area contributed by atoms with Crippen molar-refractivity contribution in [2.45, 2.75) is 51.2 Å². The van der Waals surface area contributed by atoms with Crippen molar-refractivity contribution in [2.75, 3.05) is 13.1 Å². The number of aromatic nitrogens is 1. The van der Waals surface area contributed by atoms with Crippen LogP contribution in [0.2, 0.25) is 0 Å². The molecule has 0 aliphatic carbocycles. The van der Waals surface area contributed by atoms with Gasteiger partial charge in [-0.05, 0) is 29.5 Å². The van der Waals surface area contributed by atoms with E-state index in [1.807, 2.05) is 80.3 Å². The van der Waals surface area contributed by atoms with Crippen molar-refractivity contribution >= 4 is 23.2 Å². The predicted molar refractivity (Wildman–Crippen MR) is 166 cm³/mol. The lowest BCUT2D eigenvalue weighted by atomic mass is 9.86. The van der Waals surface area contributed by atoms with Crippen LogP contribution in [0.15, 0.2) is 91.0 Å². The van der Waals surface area contributed by atoms with E-state index < -0.39 is 12.0 Å². The third-order valence-electron chi connectivity index (χ3n) is 8.31. The predicted octanol–water partition coefficient (Wildman–Crippen LogP) is 5.99. The molecular weight excluding hydrogens is 544 g/mol. The van der Waals surface area contributed by atoms with Crippen molar-refractivity contribution in [1.29, 1.82) is 0 Å². The maximum absolute atomic E-state index is 13.8. The van der Waals surface area contributed by atoms with Gasteiger partial charge in [-0.3, -0.25) is 4.79 Å². The number of nitrogens with zero attached hydrogens (tertiary/aromatic N) is 3. The van der Waals surface area contributed by atoms with E-state index in [1.54, 1.807) is 28.5 Å². The Kier molecular flexibility index (Phi) is 7.70. The van der Waals surface area contributed by atoms with Gasteiger partial charge in [0.1, 0.15) is 5.01 Å². The Hall–Kier alpha value is -3.85. The van der Waals surface area contributed by atoms with Gasteiger partial charge in [-0.25, -0.2) is 9.78 Å². The van der Waals surface area contributed by atoms with Gasteiger partial charge >= 0.3 is 5.97 Å². The Balaban J connectivity index is 1.40. The minimum atomic E-state index is -0.645. The lowest BCUT2D eigenvalue weighted by molar-refractivity contribution is -0.137. The minimum Gasteiger partial charge on any atom is -0.364 e. The first-order valence-corrected chi connectivity index (χ1v) is 15.3. The maximum Gasteiger partial charge on any atom is 0.357 e. The van der Waals surface area contributed by atoms with E-state index in [4.69, 9.17) is 15.6 Å². The molecule has 2 aliphatic rings. The standard InChI is InChI=1S/C34H36N4O3S/c1-34(2,3)30(35)32(39)37-20-19-26-28(37)25(21-38(26)41-33(40)24-17-11-6-12-18-24)31-36-27(22-13-7-4-8-14-22)29(42-31)23-15-9-5-10-16-23/h4-18,25-26,28,30H,19-21,35H2,1-3H3/t25-,26+,28+,30+/m0/s1. The molecule has 4 atom stereocenters. The first-order chi connectivity index (χ1) is 20.2. The summed E-state index contributed by atoms with van der Waals surface area (Å²) in [6.45, 7) is 6.96. The zero-order chi connectivity index (χ0) is 29.4. The van der Waals surface area contributed by atoms with E-state index in [0.29, 0.717) is 25.1 Å². The van der Waals surface area contributed by atoms with Gasteiger partial charge in [-0.15, -0.1) is 16.4 Å². The van der Waals surface area contributed by atoms with Crippen molar-refractivity contribution in [2.24, 2.45) is 11.1 Å². The highest BCUT2D eigenvalue weighted by Gasteiger charge is 2.54. The SMILES string of the molecule is CC(C)(C)[C@H](N)C(=O)N1CC[C@@H]2[C@H]1[C@@H](c1nc(-c3ccccc3)c(-c3ccccc3)s1)CN2OC(=O)c1ccccc1. The topological polar surface area (TPSA) is 88.8 Å². The van der Waals surface area contributed by atoms with Gasteiger partial charge in [-0.2, -0.15) is 0 Å². The summed E-state index contributed by atoms with van der Waals surface area (Å²) in [6.07, 6.45) is 0.689. The summed E-state index contributed by atoms with van der Waals surface area (Å²) in [5.74, 6) is -0.623. The van der Waals surface area contributed by atoms with Crippen molar-refractivity contribution in [3.8, 4) is 21.7 Å². The summed E-state index contributed by atoms with van der Waals surface area (Å²) < 4.78 is 0. The molecule has 8 heteroatoms. The van der Waals surface area contributed by atoms with E-state index >= 15 is 0 Å². The highest BCUT2D eigenvalue weighted by molar-refractivity contribution is 7.15. The number of nitrogens with two attached hydrogens (primary N) is 1. The number of thiazole rings is 1. The lowest BCUT2D eigenvalue weighted by Crippen LogP contribution is -2.53. The summed E-state index contributed by atoms with van der Waals surface area (Å²) >= 11 is 1.65. The fourth-order valence-electron chi connectivity index (χ4n) is 5.98. The zero-order valence-electron chi connectivity index (χ0n) is 24.1. The van der Waals surface area contributed by atoms with E-state index in [9.17, 15) is 9.59 Å². The third-order valence-corrected chi connectivity index (χ3v) is 9.55. The molecule has 2 N–H and O–H groups in total. The van der Waals surface area contributed by atoms with Gasteiger partial charge in [0, 0.05) is 24.6 Å². The molecule has 0 bridgehead atoms. The van der Waals surface area contributed by atoms with Crippen LogP contribution >= 0.6 is 11.3 Å². The molecule has 6 rings (SSSR count). The van der Waals surface area contributed by atoms with Crippen LogP contribution in [-0.4, -0.2) is 58.0 Å². The fraction of sp³-hybridized carbons (Fsp3) is 0.324. The van der Waals surface area contributed by atoms with Gasteiger partial charge in [0.05, 0.1) is 34.3 Å². The normalized spacial score (nSPS) is 21.2. The number of hydrogen-bond donors (Lipinski definition) is 1. The van der Waals surface area contributed by atoms with Crippen LogP contribution in [-0.2, 0) is 9.63 Å². The molecule has 0 spiro atoms. The number of hydroxylamine groups is 2. The van der Waals surface area contributed by atoms with E-state index in [2.05, 4.69) is 24.3 Å². The van der Waals surface area contributed by atoms with Crippen LogP contribution in [0, 0.1) is 5.41 Å². The third kappa shape index (κ3) is 5.38. The van der Waals surface area contributed by atoms with Crippen molar-refractivity contribution in [3.63, 3.8) is 0 Å². The zero-order valence-corrected chi connectivity index (χ0v) is 25.0. The van der Waals surface area contributed by atoms with Gasteiger partial charge in [0.2, 0.25) is 5.91 Å². The number of carbonyl (C=O) groups is 2. The largest absolute Gasteiger partial charge is 0.364 e. The second kappa shape index (κ2) is 11.4. The van der Waals surface area contributed by atoms with Gasteiger partial charge in [0.15, 0.2) is 0 Å². The minimum absolute atomic E-state index is 0.0700. The molecule has 0 unspecified atom stereocenters. The second-order valence-corrected chi connectivity index (χ2v) is 13.2. The summed E-state index contributed by atoms with van der Waals surface area (Å²) in [5.41, 5.74) is 9.66. The summed E-state index contributed by atoms with van der Waals surface area (Å²) in [4.78, 5) is 41.2. The highest BCUT2D eigenvalue weighted by Crippen LogP contribution is 2.46. The number of amides is 1. The molecule has 4 aromatic rings. The number of benzene rings is 3. The fourth-order valence-corrected chi connectivity index (χ4v) is 7.20. The molecule has 0 radical (unpaired) electrons. The van der Waals surface area contributed by atoms with Crippen LogP contribution < -0.4 is 5.73 Å². The quantitative estimate of drug-likeness (QED) is 0.301. The Morgan fingerprint density at radius 1 is 0.929 bits per heavy atom. The number of carbonyl (C=O) groups excluding carboxylic acids is 2. The van der Waals surface area contributed by atoms with E-state index in [-0.39, 0.29) is 29.3 Å². The average Bonchev–Trinajstić information content (AvgIpc) is 3.73. The lowest BCUT2D eigenvalue weighted by Gasteiger charge is -2.34. The second-order valence-electron chi connectivity index (χ2n) is 12.1. The monoisotopic (exact) mass is 580 g/mol. The average molecular weight is 581 g/mol. The van der Waals surface area contributed by atoms with Crippen LogP contribution in [0.5, 0.6) is 0 Å². The molecule has 3 heterocycles. The van der Waals surface area contributed by atoms with Gasteiger partial charge in [0.25, 0.3) is 0 Å². The highest BCUT2D eigenvalue weighted by atomic mass is 32.1. The molecular formula is C34H36N4O3S. The summed E-state index contributed by atoms with van der Waals surface area (Å²) in [5, 5.41) is 2.71. The first kappa shape index (κ1) is 28.3. The molecule has 42 heavy (non-hydrogen) atoms. The maximum atomic E-state index is 13.8. The Morgan fingerprint density at radius 3 is 2.14 bits per heavy atom. The van der Waals surface area contributed by atoms with E-state index in [1.165, 1.54) is 0 Å². The van der Waals surface area contributed by atoms with Crippen LogP contribution in [0.3, 0.4) is 0 Å². The molecule has 2 aliphatic heterocycles. The molecule has 7 nitrogen and oxygen atoms in total. The number of rotatable bonds is 6.